The van der Waals surface area contributed by atoms with E-state index >= 15 is 0 Å². The molecule has 0 aromatic heterocycles. The zero-order chi connectivity index (χ0) is 14.7. The van der Waals surface area contributed by atoms with Crippen LogP contribution in [0.1, 0.15) is 23.6 Å². The van der Waals surface area contributed by atoms with Gasteiger partial charge in [0, 0.05) is 0 Å². The lowest BCUT2D eigenvalue weighted by molar-refractivity contribution is 0.0916. The van der Waals surface area contributed by atoms with Crippen LogP contribution in [0.2, 0.25) is 0 Å². The largest absolute Gasteiger partial charge is 0.374 e. The van der Waals surface area contributed by atoms with Crippen molar-refractivity contribution in [2.75, 3.05) is 26.4 Å². The van der Waals surface area contributed by atoms with Crippen LogP contribution in [0.3, 0.4) is 0 Å². The summed E-state index contributed by atoms with van der Waals surface area (Å²) in [4.78, 5) is 0. The van der Waals surface area contributed by atoms with Crippen molar-refractivity contribution in [3.63, 3.8) is 0 Å². The molecule has 2 heterocycles. The number of allylic oxidation sites excluding steroid dienone is 1. The van der Waals surface area contributed by atoms with Crippen LogP contribution >= 0.6 is 0 Å². The summed E-state index contributed by atoms with van der Waals surface area (Å²) in [5.41, 5.74) is 4.52. The molecule has 3 rings (SSSR count). The lowest BCUT2D eigenvalue weighted by atomic mass is 9.97. The van der Waals surface area contributed by atoms with Gasteiger partial charge in [-0.3, -0.25) is 0 Å². The van der Waals surface area contributed by atoms with E-state index in [-0.39, 0.29) is 6.10 Å². The molecular formula is C17H22O4. The van der Waals surface area contributed by atoms with Crippen LogP contribution < -0.4 is 0 Å². The standard InChI is InChI=1S/C17H22O4/c1-12(2)16-5-3-4-13(6-18-7-14-9-20-14)17(16)11-19-8-15-10-21-15/h3-5,14-15H,1,6-11H2,2H3. The van der Waals surface area contributed by atoms with Crippen LogP contribution in [0.5, 0.6) is 0 Å². The molecule has 0 aliphatic carbocycles. The molecule has 0 spiro atoms. The molecule has 0 bridgehead atoms. The molecule has 4 heteroatoms. The summed E-state index contributed by atoms with van der Waals surface area (Å²) in [7, 11) is 0. The van der Waals surface area contributed by atoms with Gasteiger partial charge in [-0.2, -0.15) is 0 Å². The molecule has 2 fully saturated rings. The molecule has 0 radical (unpaired) electrons. The van der Waals surface area contributed by atoms with E-state index in [1.165, 1.54) is 5.56 Å². The van der Waals surface area contributed by atoms with Gasteiger partial charge in [-0.25, -0.2) is 0 Å². The zero-order valence-electron chi connectivity index (χ0n) is 12.5. The van der Waals surface area contributed by atoms with Gasteiger partial charge in [0.05, 0.1) is 39.6 Å². The minimum atomic E-state index is 0.286. The maximum atomic E-state index is 5.77. The first-order chi connectivity index (χ1) is 10.2. The van der Waals surface area contributed by atoms with Gasteiger partial charge in [-0.1, -0.05) is 30.4 Å². The number of epoxide rings is 2. The van der Waals surface area contributed by atoms with E-state index < -0.39 is 0 Å². The lowest BCUT2D eigenvalue weighted by Crippen LogP contribution is -2.08. The summed E-state index contributed by atoms with van der Waals surface area (Å²) in [5.74, 6) is 0. The molecule has 1 aromatic rings. The fourth-order valence-corrected chi connectivity index (χ4v) is 2.26. The summed E-state index contributed by atoms with van der Waals surface area (Å²) in [6.07, 6.45) is 0.578. The van der Waals surface area contributed by atoms with Gasteiger partial charge in [0.2, 0.25) is 0 Å². The third-order valence-corrected chi connectivity index (χ3v) is 3.65. The summed E-state index contributed by atoms with van der Waals surface area (Å²) in [6.45, 7) is 10.2. The maximum absolute atomic E-state index is 5.77. The second-order valence-corrected chi connectivity index (χ2v) is 5.66. The number of rotatable bonds is 9. The molecule has 2 aliphatic rings. The molecule has 2 saturated heterocycles. The minimum absolute atomic E-state index is 0.286. The van der Waals surface area contributed by atoms with Crippen LogP contribution in [0.4, 0.5) is 0 Å². The highest BCUT2D eigenvalue weighted by atomic mass is 16.6. The molecule has 0 N–H and O–H groups in total. The molecule has 1 aromatic carbocycles. The second kappa shape index (κ2) is 6.71. The summed E-state index contributed by atoms with van der Waals surface area (Å²) < 4.78 is 21.8. The molecule has 0 saturated carbocycles. The van der Waals surface area contributed by atoms with E-state index in [0.29, 0.717) is 32.5 Å². The molecular weight excluding hydrogens is 268 g/mol. The third kappa shape index (κ3) is 4.38. The number of benzene rings is 1. The molecule has 0 amide bonds. The third-order valence-electron chi connectivity index (χ3n) is 3.65. The quantitative estimate of drug-likeness (QED) is 0.656. The molecule has 4 nitrogen and oxygen atoms in total. The minimum Gasteiger partial charge on any atom is -0.374 e. The Hall–Kier alpha value is -1.20. The fourth-order valence-electron chi connectivity index (χ4n) is 2.26. The monoisotopic (exact) mass is 290 g/mol. The first-order valence-electron chi connectivity index (χ1n) is 7.39. The average Bonchev–Trinajstić information content (AvgIpc) is 3.34. The van der Waals surface area contributed by atoms with E-state index in [1.807, 2.05) is 13.0 Å². The van der Waals surface area contributed by atoms with Crippen LogP contribution in [-0.4, -0.2) is 38.6 Å². The first kappa shape index (κ1) is 14.7. The summed E-state index contributed by atoms with van der Waals surface area (Å²) in [6, 6.07) is 6.22. The molecule has 114 valence electrons. The smallest absolute Gasteiger partial charge is 0.104 e. The van der Waals surface area contributed by atoms with Crippen LogP contribution in [0, 0.1) is 0 Å². The van der Waals surface area contributed by atoms with Gasteiger partial charge in [0.1, 0.15) is 12.2 Å². The maximum Gasteiger partial charge on any atom is 0.104 e. The molecule has 2 aliphatic heterocycles. The van der Waals surface area contributed by atoms with Crippen molar-refractivity contribution >= 4 is 5.57 Å². The van der Waals surface area contributed by atoms with E-state index in [9.17, 15) is 0 Å². The van der Waals surface area contributed by atoms with Gasteiger partial charge in [0.15, 0.2) is 0 Å². The van der Waals surface area contributed by atoms with Gasteiger partial charge in [-0.05, 0) is 23.6 Å². The predicted molar refractivity (Wildman–Crippen MR) is 79.9 cm³/mol. The first-order valence-corrected chi connectivity index (χ1v) is 7.39. The Morgan fingerprint density at radius 1 is 1.14 bits per heavy atom. The Labute approximate surface area is 125 Å². The van der Waals surface area contributed by atoms with E-state index in [0.717, 1.165) is 29.9 Å². The summed E-state index contributed by atoms with van der Waals surface area (Å²) in [5, 5.41) is 0. The molecule has 2 atom stereocenters. The Morgan fingerprint density at radius 3 is 2.33 bits per heavy atom. The van der Waals surface area contributed by atoms with Gasteiger partial charge in [0.25, 0.3) is 0 Å². The SMILES string of the molecule is C=C(C)c1cccc(COCC2CO2)c1COCC1CO1. The topological polar surface area (TPSA) is 43.5 Å². The van der Waals surface area contributed by atoms with E-state index in [2.05, 4.69) is 18.7 Å². The summed E-state index contributed by atoms with van der Waals surface area (Å²) >= 11 is 0. The highest BCUT2D eigenvalue weighted by molar-refractivity contribution is 5.65. The van der Waals surface area contributed by atoms with Crippen LogP contribution in [0.25, 0.3) is 5.57 Å². The number of hydrogen-bond acceptors (Lipinski definition) is 4. The fraction of sp³-hybridized carbons (Fsp3) is 0.529. The number of hydrogen-bond donors (Lipinski definition) is 0. The van der Waals surface area contributed by atoms with Crippen molar-refractivity contribution < 1.29 is 18.9 Å². The van der Waals surface area contributed by atoms with Crippen molar-refractivity contribution in [2.45, 2.75) is 32.3 Å². The Bertz CT molecular complexity index is 504. The van der Waals surface area contributed by atoms with E-state index in [4.69, 9.17) is 18.9 Å². The highest BCUT2D eigenvalue weighted by Crippen LogP contribution is 2.24. The average molecular weight is 290 g/mol. The van der Waals surface area contributed by atoms with Gasteiger partial charge >= 0.3 is 0 Å². The van der Waals surface area contributed by atoms with Gasteiger partial charge in [-0.15, -0.1) is 0 Å². The van der Waals surface area contributed by atoms with E-state index in [1.54, 1.807) is 0 Å². The highest BCUT2D eigenvalue weighted by Gasteiger charge is 2.23. The van der Waals surface area contributed by atoms with Crippen molar-refractivity contribution in [1.29, 1.82) is 0 Å². The normalized spacial score (nSPS) is 23.1. The van der Waals surface area contributed by atoms with Crippen LogP contribution in [-0.2, 0) is 32.2 Å². The van der Waals surface area contributed by atoms with Crippen molar-refractivity contribution in [3.8, 4) is 0 Å². The van der Waals surface area contributed by atoms with Crippen molar-refractivity contribution in [1.82, 2.24) is 0 Å². The zero-order valence-corrected chi connectivity index (χ0v) is 12.5. The second-order valence-electron chi connectivity index (χ2n) is 5.66. The Kier molecular flexibility index (Phi) is 4.70. The molecule has 2 unspecified atom stereocenters. The van der Waals surface area contributed by atoms with Gasteiger partial charge < -0.3 is 18.9 Å². The van der Waals surface area contributed by atoms with Crippen molar-refractivity contribution in [3.05, 3.63) is 41.5 Å². The molecule has 21 heavy (non-hydrogen) atoms. The Morgan fingerprint density at radius 2 is 1.76 bits per heavy atom. The van der Waals surface area contributed by atoms with Crippen LogP contribution in [0.15, 0.2) is 24.8 Å². The lowest BCUT2D eigenvalue weighted by Gasteiger charge is -2.15. The predicted octanol–water partition coefficient (Wildman–Crippen LogP) is 2.55. The Balaban J connectivity index is 1.65. The van der Waals surface area contributed by atoms with Crippen molar-refractivity contribution in [2.24, 2.45) is 0 Å². The number of ether oxygens (including phenoxy) is 4.